The molecule has 0 spiro atoms. The third-order valence-corrected chi connectivity index (χ3v) is 6.52. The van der Waals surface area contributed by atoms with Gasteiger partial charge in [0.1, 0.15) is 0 Å². The molecule has 154 valence electrons. The maximum atomic E-state index is 11.8. The van der Waals surface area contributed by atoms with E-state index in [1.54, 1.807) is 7.05 Å². The highest BCUT2D eigenvalue weighted by molar-refractivity contribution is 5.88. The van der Waals surface area contributed by atoms with Crippen molar-refractivity contribution in [2.24, 2.45) is 0 Å². The number of fused-ring (bicyclic) bond motifs is 1. The quantitative estimate of drug-likeness (QED) is 0.658. The van der Waals surface area contributed by atoms with Crippen molar-refractivity contribution >= 4 is 22.5 Å². The molecule has 1 N–H and O–H groups in total. The van der Waals surface area contributed by atoms with Crippen molar-refractivity contribution in [2.45, 2.75) is 44.9 Å². The molecule has 0 unspecified atom stereocenters. The van der Waals surface area contributed by atoms with Crippen LogP contribution in [0.1, 0.15) is 48.3 Å². The normalized spacial score (nSPS) is 16.3. The Hall–Kier alpha value is -2.88. The molecule has 2 fully saturated rings. The van der Waals surface area contributed by atoms with Gasteiger partial charge in [-0.05, 0) is 85.5 Å². The number of rotatable bonds is 5. The van der Waals surface area contributed by atoms with Crippen molar-refractivity contribution in [1.82, 2.24) is 10.3 Å². The number of likely N-dealkylation sites (N-methyl/N-ethyl adjacent to an activating group) is 1. The fourth-order valence-corrected chi connectivity index (χ4v) is 4.66. The van der Waals surface area contributed by atoms with Crippen LogP contribution in [0.5, 0.6) is 0 Å². The number of benzene rings is 2. The van der Waals surface area contributed by atoms with Crippen molar-refractivity contribution in [3.8, 4) is 11.3 Å². The topological polar surface area (TPSA) is 45.2 Å². The van der Waals surface area contributed by atoms with E-state index in [-0.39, 0.29) is 5.91 Å². The van der Waals surface area contributed by atoms with Crippen molar-refractivity contribution in [3.63, 3.8) is 0 Å². The minimum atomic E-state index is 0.0422. The smallest absolute Gasteiger partial charge is 0.224 e. The molecule has 5 rings (SSSR count). The van der Waals surface area contributed by atoms with Gasteiger partial charge >= 0.3 is 0 Å². The fourth-order valence-electron chi connectivity index (χ4n) is 4.66. The van der Waals surface area contributed by atoms with Gasteiger partial charge in [0, 0.05) is 36.8 Å². The maximum Gasteiger partial charge on any atom is 0.224 e. The van der Waals surface area contributed by atoms with Gasteiger partial charge < -0.3 is 10.2 Å². The minimum absolute atomic E-state index is 0.0422. The van der Waals surface area contributed by atoms with E-state index in [0.29, 0.717) is 12.3 Å². The molecule has 1 aliphatic carbocycles. The Balaban J connectivity index is 1.55. The SMILES string of the molecule is CNC(=O)Cc1ccc2nc(-c3ccc(N4CCCC4)cc3C)cc(C3CC3)c2c1. The molecule has 0 bridgehead atoms. The summed E-state index contributed by atoms with van der Waals surface area (Å²) in [4.78, 5) is 19.3. The average Bonchev–Trinajstić information content (AvgIpc) is 3.46. The molecule has 4 nitrogen and oxygen atoms in total. The first-order valence-electron chi connectivity index (χ1n) is 11.1. The van der Waals surface area contributed by atoms with Crippen LogP contribution in [-0.4, -0.2) is 31.0 Å². The molecule has 1 saturated heterocycles. The summed E-state index contributed by atoms with van der Waals surface area (Å²) in [6.45, 7) is 4.53. The summed E-state index contributed by atoms with van der Waals surface area (Å²) in [7, 11) is 1.68. The lowest BCUT2D eigenvalue weighted by atomic mass is 9.97. The van der Waals surface area contributed by atoms with Gasteiger partial charge in [0.2, 0.25) is 5.91 Å². The third kappa shape index (κ3) is 3.67. The largest absolute Gasteiger partial charge is 0.372 e. The van der Waals surface area contributed by atoms with Crippen LogP contribution >= 0.6 is 0 Å². The number of aryl methyl sites for hydroxylation is 1. The van der Waals surface area contributed by atoms with Gasteiger partial charge in [-0.3, -0.25) is 4.79 Å². The molecule has 2 heterocycles. The molecule has 1 saturated carbocycles. The summed E-state index contributed by atoms with van der Waals surface area (Å²) in [6, 6.07) is 15.4. The molecular weight excluding hydrogens is 370 g/mol. The molecule has 1 aromatic heterocycles. The molecule has 30 heavy (non-hydrogen) atoms. The standard InChI is InChI=1S/C26H29N3O/c1-17-13-20(29-11-3-4-12-29)8-9-21(17)25-16-22(19-6-7-19)23-14-18(15-26(30)27-2)5-10-24(23)28-25/h5,8-10,13-14,16,19H,3-4,6-7,11-12,15H2,1-2H3,(H,27,30). The highest BCUT2D eigenvalue weighted by Gasteiger charge is 2.27. The number of hydrogen-bond acceptors (Lipinski definition) is 3. The van der Waals surface area contributed by atoms with Crippen LogP contribution in [0.2, 0.25) is 0 Å². The highest BCUT2D eigenvalue weighted by Crippen LogP contribution is 2.44. The second-order valence-electron chi connectivity index (χ2n) is 8.77. The van der Waals surface area contributed by atoms with Crippen LogP contribution in [0.15, 0.2) is 42.5 Å². The predicted molar refractivity (Wildman–Crippen MR) is 123 cm³/mol. The molecule has 3 aromatic rings. The first kappa shape index (κ1) is 19.1. The van der Waals surface area contributed by atoms with Gasteiger partial charge in [0.15, 0.2) is 0 Å². The van der Waals surface area contributed by atoms with Gasteiger partial charge in [0.05, 0.1) is 17.6 Å². The van der Waals surface area contributed by atoms with E-state index in [9.17, 15) is 4.79 Å². The molecular formula is C26H29N3O. The number of pyridine rings is 1. The Bertz CT molecular complexity index is 1110. The van der Waals surface area contributed by atoms with Crippen LogP contribution in [0.4, 0.5) is 5.69 Å². The zero-order valence-electron chi connectivity index (χ0n) is 17.9. The minimum Gasteiger partial charge on any atom is -0.372 e. The average molecular weight is 400 g/mol. The third-order valence-electron chi connectivity index (χ3n) is 6.52. The van der Waals surface area contributed by atoms with E-state index < -0.39 is 0 Å². The number of aromatic nitrogens is 1. The van der Waals surface area contributed by atoms with Crippen LogP contribution in [-0.2, 0) is 11.2 Å². The molecule has 0 atom stereocenters. The van der Waals surface area contributed by atoms with Crippen molar-refractivity contribution in [2.75, 3.05) is 25.0 Å². The summed E-state index contributed by atoms with van der Waals surface area (Å²) < 4.78 is 0. The van der Waals surface area contributed by atoms with E-state index >= 15 is 0 Å². The van der Waals surface area contributed by atoms with Gasteiger partial charge in [0.25, 0.3) is 0 Å². The van der Waals surface area contributed by atoms with Gasteiger partial charge in [-0.25, -0.2) is 4.98 Å². The van der Waals surface area contributed by atoms with Crippen LogP contribution in [0, 0.1) is 6.92 Å². The summed E-state index contributed by atoms with van der Waals surface area (Å²) in [6.07, 6.45) is 5.48. The van der Waals surface area contributed by atoms with Crippen LogP contribution in [0.25, 0.3) is 22.2 Å². The van der Waals surface area contributed by atoms with Crippen LogP contribution < -0.4 is 10.2 Å². The number of amides is 1. The number of nitrogens with one attached hydrogen (secondary N) is 1. The second kappa shape index (κ2) is 7.75. The zero-order chi connectivity index (χ0) is 20.7. The van der Waals surface area contributed by atoms with E-state index in [2.05, 4.69) is 53.5 Å². The number of carbonyl (C=O) groups is 1. The lowest BCUT2D eigenvalue weighted by molar-refractivity contribution is -0.119. The number of hydrogen-bond donors (Lipinski definition) is 1. The molecule has 2 aliphatic rings. The summed E-state index contributed by atoms with van der Waals surface area (Å²) in [5, 5.41) is 3.92. The Morgan fingerprint density at radius 1 is 1.10 bits per heavy atom. The highest BCUT2D eigenvalue weighted by atomic mass is 16.1. The summed E-state index contributed by atoms with van der Waals surface area (Å²) in [5.74, 6) is 0.661. The Morgan fingerprint density at radius 3 is 2.60 bits per heavy atom. The Labute approximate surface area is 178 Å². The van der Waals surface area contributed by atoms with Crippen molar-refractivity contribution < 1.29 is 4.79 Å². The predicted octanol–water partition coefficient (Wildman–Crippen LogP) is 4.98. The molecule has 0 radical (unpaired) electrons. The second-order valence-corrected chi connectivity index (χ2v) is 8.77. The fraction of sp³-hybridized carbons (Fsp3) is 0.385. The van der Waals surface area contributed by atoms with E-state index in [4.69, 9.17) is 4.98 Å². The summed E-state index contributed by atoms with van der Waals surface area (Å²) >= 11 is 0. The van der Waals surface area contributed by atoms with Gasteiger partial charge in [-0.2, -0.15) is 0 Å². The molecule has 2 aromatic carbocycles. The van der Waals surface area contributed by atoms with Crippen molar-refractivity contribution in [3.05, 3.63) is 59.2 Å². The first-order valence-corrected chi connectivity index (χ1v) is 11.1. The van der Waals surface area contributed by atoms with E-state index in [1.165, 1.54) is 53.4 Å². The molecule has 1 amide bonds. The van der Waals surface area contributed by atoms with E-state index in [0.717, 1.165) is 29.9 Å². The molecule has 4 heteroatoms. The molecule has 1 aliphatic heterocycles. The van der Waals surface area contributed by atoms with E-state index in [1.807, 2.05) is 6.07 Å². The van der Waals surface area contributed by atoms with Gasteiger partial charge in [-0.1, -0.05) is 12.1 Å². The lowest BCUT2D eigenvalue weighted by Crippen LogP contribution is -2.19. The summed E-state index contributed by atoms with van der Waals surface area (Å²) in [5.41, 5.74) is 8.35. The van der Waals surface area contributed by atoms with Gasteiger partial charge in [-0.15, -0.1) is 0 Å². The number of carbonyl (C=O) groups excluding carboxylic acids is 1. The van der Waals surface area contributed by atoms with Crippen molar-refractivity contribution in [1.29, 1.82) is 0 Å². The van der Waals surface area contributed by atoms with Crippen LogP contribution in [0.3, 0.4) is 0 Å². The Morgan fingerprint density at radius 2 is 1.90 bits per heavy atom. The number of nitrogens with zero attached hydrogens (tertiary/aromatic N) is 2. The Kier molecular flexibility index (Phi) is 4.93. The monoisotopic (exact) mass is 399 g/mol. The lowest BCUT2D eigenvalue weighted by Gasteiger charge is -2.19. The first-order chi connectivity index (χ1) is 14.6. The maximum absolute atomic E-state index is 11.8. The zero-order valence-corrected chi connectivity index (χ0v) is 17.9. The number of anilines is 1.